The first-order valence-electron chi connectivity index (χ1n) is 7.10. The lowest BCUT2D eigenvalue weighted by Gasteiger charge is -2.26. The number of carbonyl (C=O) groups is 2. The van der Waals surface area contributed by atoms with E-state index in [-0.39, 0.29) is 13.0 Å². The first kappa shape index (κ1) is 17.4. The second-order valence-electron chi connectivity index (χ2n) is 5.36. The Kier molecular flexibility index (Phi) is 5.34. The zero-order valence-corrected chi connectivity index (χ0v) is 13.1. The summed E-state index contributed by atoms with van der Waals surface area (Å²) in [4.78, 5) is 24.9. The zero-order valence-electron chi connectivity index (χ0n) is 12.3. The third-order valence-corrected chi connectivity index (χ3v) is 4.28. The molecule has 2 atom stereocenters. The van der Waals surface area contributed by atoms with E-state index in [1.54, 1.807) is 30.3 Å². The number of carboxylic acid groups (broad SMARTS) is 1. The summed E-state index contributed by atoms with van der Waals surface area (Å²) in [6.45, 7) is 0.244. The molecular weight excluding hydrogens is 324 g/mol. The van der Waals surface area contributed by atoms with Gasteiger partial charge in [-0.05, 0) is 24.8 Å². The van der Waals surface area contributed by atoms with Crippen LogP contribution < -0.4 is 4.72 Å². The molecule has 8 nitrogen and oxygen atoms in total. The molecule has 1 aromatic carbocycles. The lowest BCUT2D eigenvalue weighted by atomic mass is 10.1. The molecule has 3 N–H and O–H groups in total. The summed E-state index contributed by atoms with van der Waals surface area (Å²) in [6.07, 6.45) is 0.875. The summed E-state index contributed by atoms with van der Waals surface area (Å²) in [7, 11) is -4.60. The average molecular weight is 342 g/mol. The van der Waals surface area contributed by atoms with Gasteiger partial charge >= 0.3 is 16.3 Å². The van der Waals surface area contributed by atoms with Crippen LogP contribution in [0.3, 0.4) is 0 Å². The molecule has 1 amide bonds. The maximum atomic E-state index is 12.6. The monoisotopic (exact) mass is 342 g/mol. The van der Waals surface area contributed by atoms with Crippen LogP contribution >= 0.6 is 0 Å². The molecule has 0 unspecified atom stereocenters. The summed E-state index contributed by atoms with van der Waals surface area (Å²) in [5.41, 5.74) is 0.688. The van der Waals surface area contributed by atoms with Crippen LogP contribution in [0.2, 0.25) is 0 Å². The van der Waals surface area contributed by atoms with E-state index in [2.05, 4.69) is 0 Å². The van der Waals surface area contributed by atoms with Gasteiger partial charge in [0.25, 0.3) is 0 Å². The second-order valence-corrected chi connectivity index (χ2v) is 6.55. The summed E-state index contributed by atoms with van der Waals surface area (Å²) >= 11 is 0. The minimum absolute atomic E-state index is 0.0162. The SMILES string of the molecule is O=C(O)[C@@H]1CCCN1C(=O)[C@@H](Cc1ccccc1)NS(=O)(=O)O. The van der Waals surface area contributed by atoms with Crippen molar-refractivity contribution in [3.8, 4) is 0 Å². The predicted octanol–water partition coefficient (Wildman–Crippen LogP) is 0.0657. The van der Waals surface area contributed by atoms with Crippen LogP contribution in [0, 0.1) is 0 Å². The summed E-state index contributed by atoms with van der Waals surface area (Å²) in [5.74, 6) is -1.78. The molecule has 0 aliphatic carbocycles. The number of aliphatic carboxylic acids is 1. The highest BCUT2D eigenvalue weighted by molar-refractivity contribution is 7.83. The zero-order chi connectivity index (χ0) is 17.0. The number of benzene rings is 1. The molecule has 126 valence electrons. The number of nitrogens with zero attached hydrogens (tertiary/aromatic N) is 1. The fourth-order valence-corrected chi connectivity index (χ4v) is 3.24. The van der Waals surface area contributed by atoms with Crippen LogP contribution in [0.15, 0.2) is 30.3 Å². The van der Waals surface area contributed by atoms with Gasteiger partial charge in [0, 0.05) is 6.54 Å². The van der Waals surface area contributed by atoms with Gasteiger partial charge < -0.3 is 10.0 Å². The van der Waals surface area contributed by atoms with E-state index in [1.807, 2.05) is 4.72 Å². The fraction of sp³-hybridized carbons (Fsp3) is 0.429. The lowest BCUT2D eigenvalue weighted by molar-refractivity contribution is -0.148. The van der Waals surface area contributed by atoms with E-state index < -0.39 is 34.3 Å². The number of rotatable bonds is 6. The molecule has 1 saturated heterocycles. The average Bonchev–Trinajstić information content (AvgIpc) is 2.95. The van der Waals surface area contributed by atoms with Crippen LogP contribution in [-0.2, 0) is 26.3 Å². The standard InChI is InChI=1S/C14H18N2O6S/c17-13(16-8-4-7-12(16)14(18)19)11(15-23(20,21)22)9-10-5-2-1-3-6-10/h1-3,5-6,11-12,15H,4,7-9H2,(H,18,19)(H,20,21,22)/t11-,12+/m1/s1. The van der Waals surface area contributed by atoms with Crippen molar-refractivity contribution in [1.82, 2.24) is 9.62 Å². The van der Waals surface area contributed by atoms with Crippen molar-refractivity contribution in [2.24, 2.45) is 0 Å². The van der Waals surface area contributed by atoms with E-state index in [0.29, 0.717) is 18.4 Å². The van der Waals surface area contributed by atoms with Crippen molar-refractivity contribution in [2.45, 2.75) is 31.3 Å². The van der Waals surface area contributed by atoms with Gasteiger partial charge in [0.2, 0.25) is 5.91 Å². The number of nitrogens with one attached hydrogen (secondary N) is 1. The highest BCUT2D eigenvalue weighted by atomic mass is 32.2. The number of hydrogen-bond donors (Lipinski definition) is 3. The predicted molar refractivity (Wildman–Crippen MR) is 81.0 cm³/mol. The van der Waals surface area contributed by atoms with Gasteiger partial charge in [-0.25, -0.2) is 4.79 Å². The summed E-state index contributed by atoms with van der Waals surface area (Å²) in [5, 5.41) is 9.15. The maximum absolute atomic E-state index is 12.6. The van der Waals surface area contributed by atoms with E-state index >= 15 is 0 Å². The number of carboxylic acids is 1. The molecule has 1 aliphatic heterocycles. The molecule has 1 fully saturated rings. The molecule has 0 radical (unpaired) electrons. The fourth-order valence-electron chi connectivity index (χ4n) is 2.70. The lowest BCUT2D eigenvalue weighted by Crippen LogP contribution is -2.52. The Bertz CT molecular complexity index is 676. The highest BCUT2D eigenvalue weighted by Gasteiger charge is 2.38. The van der Waals surface area contributed by atoms with Gasteiger partial charge in [-0.3, -0.25) is 9.35 Å². The second kappa shape index (κ2) is 7.07. The van der Waals surface area contributed by atoms with Crippen molar-refractivity contribution in [2.75, 3.05) is 6.54 Å². The molecule has 1 aliphatic rings. The van der Waals surface area contributed by atoms with E-state index in [9.17, 15) is 18.0 Å². The van der Waals surface area contributed by atoms with Crippen LogP contribution in [-0.4, -0.2) is 53.5 Å². The minimum Gasteiger partial charge on any atom is -0.480 e. The summed E-state index contributed by atoms with van der Waals surface area (Å²) in [6, 6.07) is 6.45. The molecule has 0 bridgehead atoms. The molecule has 9 heteroatoms. The van der Waals surface area contributed by atoms with Crippen LogP contribution in [0.4, 0.5) is 0 Å². The van der Waals surface area contributed by atoms with Crippen molar-refractivity contribution >= 4 is 22.2 Å². The highest BCUT2D eigenvalue weighted by Crippen LogP contribution is 2.19. The minimum atomic E-state index is -4.60. The van der Waals surface area contributed by atoms with Crippen molar-refractivity contribution < 1.29 is 27.7 Å². The van der Waals surface area contributed by atoms with E-state index in [0.717, 1.165) is 4.90 Å². The Balaban J connectivity index is 2.22. The first-order valence-corrected chi connectivity index (χ1v) is 8.54. The van der Waals surface area contributed by atoms with Gasteiger partial charge in [0.05, 0.1) is 0 Å². The van der Waals surface area contributed by atoms with E-state index in [1.165, 1.54) is 0 Å². The third-order valence-electron chi connectivity index (χ3n) is 3.69. The quantitative estimate of drug-likeness (QED) is 0.628. The van der Waals surface area contributed by atoms with Crippen LogP contribution in [0.25, 0.3) is 0 Å². The largest absolute Gasteiger partial charge is 0.480 e. The Labute approximate surface area is 134 Å². The Morgan fingerprint density at radius 2 is 1.96 bits per heavy atom. The number of carbonyl (C=O) groups excluding carboxylic acids is 1. The van der Waals surface area contributed by atoms with Gasteiger partial charge in [-0.1, -0.05) is 30.3 Å². The van der Waals surface area contributed by atoms with Gasteiger partial charge in [-0.2, -0.15) is 13.1 Å². The topological polar surface area (TPSA) is 124 Å². The van der Waals surface area contributed by atoms with Gasteiger partial charge in [0.1, 0.15) is 12.1 Å². The third kappa shape index (κ3) is 4.75. The van der Waals surface area contributed by atoms with Gasteiger partial charge in [-0.15, -0.1) is 0 Å². The molecule has 23 heavy (non-hydrogen) atoms. The Morgan fingerprint density at radius 1 is 1.30 bits per heavy atom. The number of hydrogen-bond acceptors (Lipinski definition) is 4. The Morgan fingerprint density at radius 3 is 2.52 bits per heavy atom. The molecule has 1 heterocycles. The number of likely N-dealkylation sites (tertiary alicyclic amines) is 1. The van der Waals surface area contributed by atoms with E-state index in [4.69, 9.17) is 9.66 Å². The van der Waals surface area contributed by atoms with Crippen LogP contribution in [0.5, 0.6) is 0 Å². The molecule has 0 saturated carbocycles. The van der Waals surface area contributed by atoms with Gasteiger partial charge in [0.15, 0.2) is 0 Å². The van der Waals surface area contributed by atoms with Crippen molar-refractivity contribution in [1.29, 1.82) is 0 Å². The molecule has 0 aromatic heterocycles. The van der Waals surface area contributed by atoms with Crippen LogP contribution in [0.1, 0.15) is 18.4 Å². The normalized spacial score (nSPS) is 19.5. The Hall–Kier alpha value is -1.97. The molecule has 2 rings (SSSR count). The van der Waals surface area contributed by atoms with Crippen molar-refractivity contribution in [3.05, 3.63) is 35.9 Å². The molecule has 1 aromatic rings. The van der Waals surface area contributed by atoms with Crippen molar-refractivity contribution in [3.63, 3.8) is 0 Å². The summed E-state index contributed by atoms with van der Waals surface area (Å²) < 4.78 is 33.1. The maximum Gasteiger partial charge on any atom is 0.334 e. The molecule has 0 spiro atoms. The number of amides is 1. The smallest absolute Gasteiger partial charge is 0.334 e. The molecular formula is C14H18N2O6S. The first-order chi connectivity index (χ1) is 10.8.